The van der Waals surface area contributed by atoms with Gasteiger partial charge in [-0.3, -0.25) is 4.79 Å². The van der Waals surface area contributed by atoms with Crippen molar-refractivity contribution in [3.63, 3.8) is 0 Å². The van der Waals surface area contributed by atoms with Gasteiger partial charge >= 0.3 is 0 Å². The smallest absolute Gasteiger partial charge is 0.253 e. The van der Waals surface area contributed by atoms with E-state index in [0.29, 0.717) is 24.4 Å². The minimum absolute atomic E-state index is 0.0296. The predicted molar refractivity (Wildman–Crippen MR) is 80.9 cm³/mol. The van der Waals surface area contributed by atoms with E-state index in [1.165, 1.54) is 12.8 Å². The number of rotatable bonds is 7. The van der Waals surface area contributed by atoms with E-state index in [1.807, 2.05) is 0 Å². The lowest BCUT2D eigenvalue weighted by Crippen LogP contribution is -2.22. The van der Waals surface area contributed by atoms with E-state index in [-0.39, 0.29) is 5.91 Å². The Morgan fingerprint density at radius 2 is 2.20 bits per heavy atom. The minimum atomic E-state index is -0.0296. The molecule has 1 saturated carbocycles. The first-order chi connectivity index (χ1) is 9.58. The van der Waals surface area contributed by atoms with Crippen molar-refractivity contribution in [2.24, 2.45) is 5.92 Å². The Morgan fingerprint density at radius 1 is 1.45 bits per heavy atom. The maximum absolute atomic E-state index is 11.9. The summed E-state index contributed by atoms with van der Waals surface area (Å²) in [5.41, 5.74) is 7.97. The normalized spacial score (nSPS) is 14.1. The minimum Gasteiger partial charge on any atom is -0.397 e. The topological polar surface area (TPSA) is 67.6 Å². The highest BCUT2D eigenvalue weighted by atomic mass is 16.5. The van der Waals surface area contributed by atoms with E-state index in [2.05, 4.69) is 5.32 Å². The molecule has 5 heteroatoms. The summed E-state index contributed by atoms with van der Waals surface area (Å²) in [4.78, 5) is 13.4. The molecule has 20 heavy (non-hydrogen) atoms. The number of nitrogens with one attached hydrogen (secondary N) is 1. The molecule has 0 heterocycles. The third-order valence-electron chi connectivity index (χ3n) is 3.32. The van der Waals surface area contributed by atoms with Crippen molar-refractivity contribution in [3.05, 3.63) is 23.8 Å². The lowest BCUT2D eigenvalue weighted by Gasteiger charge is -2.14. The van der Waals surface area contributed by atoms with Gasteiger partial charge in [0.1, 0.15) is 0 Å². The van der Waals surface area contributed by atoms with Crippen LogP contribution in [0.5, 0.6) is 0 Å². The fourth-order valence-corrected chi connectivity index (χ4v) is 1.89. The van der Waals surface area contributed by atoms with Gasteiger partial charge in [0.2, 0.25) is 0 Å². The average molecular weight is 277 g/mol. The van der Waals surface area contributed by atoms with Crippen LogP contribution in [0, 0.1) is 5.92 Å². The molecule has 0 spiro atoms. The van der Waals surface area contributed by atoms with Crippen molar-refractivity contribution in [1.82, 2.24) is 4.90 Å². The first-order valence-corrected chi connectivity index (χ1v) is 7.00. The molecule has 0 radical (unpaired) electrons. The van der Waals surface area contributed by atoms with Crippen molar-refractivity contribution in [2.75, 3.05) is 44.9 Å². The summed E-state index contributed by atoms with van der Waals surface area (Å²) in [5.74, 6) is 0.749. The molecule has 0 unspecified atom stereocenters. The maximum Gasteiger partial charge on any atom is 0.253 e. The molecule has 0 atom stereocenters. The highest BCUT2D eigenvalue weighted by Gasteiger charge is 2.20. The monoisotopic (exact) mass is 277 g/mol. The summed E-state index contributed by atoms with van der Waals surface area (Å²) in [6, 6.07) is 5.29. The number of nitrogens with two attached hydrogens (primary N) is 1. The number of anilines is 2. The van der Waals surface area contributed by atoms with Crippen LogP contribution in [0.3, 0.4) is 0 Å². The van der Waals surface area contributed by atoms with Crippen molar-refractivity contribution in [1.29, 1.82) is 0 Å². The van der Waals surface area contributed by atoms with Gasteiger partial charge in [-0.15, -0.1) is 0 Å². The zero-order chi connectivity index (χ0) is 14.5. The van der Waals surface area contributed by atoms with E-state index in [9.17, 15) is 4.79 Å². The van der Waals surface area contributed by atoms with Gasteiger partial charge in [-0.1, -0.05) is 0 Å². The molecule has 1 fully saturated rings. The third-order valence-corrected chi connectivity index (χ3v) is 3.32. The van der Waals surface area contributed by atoms with E-state index in [1.54, 1.807) is 37.2 Å². The summed E-state index contributed by atoms with van der Waals surface area (Å²) >= 11 is 0. The van der Waals surface area contributed by atoms with Crippen LogP contribution < -0.4 is 11.1 Å². The van der Waals surface area contributed by atoms with Crippen molar-refractivity contribution >= 4 is 17.3 Å². The molecule has 3 N–H and O–H groups in total. The molecule has 1 aliphatic carbocycles. The number of hydrogen-bond donors (Lipinski definition) is 2. The lowest BCUT2D eigenvalue weighted by molar-refractivity contribution is 0.0827. The number of benzene rings is 1. The molecule has 2 rings (SSSR count). The summed E-state index contributed by atoms with van der Waals surface area (Å²) in [6.07, 6.45) is 2.60. The molecular weight excluding hydrogens is 254 g/mol. The first-order valence-electron chi connectivity index (χ1n) is 7.00. The van der Waals surface area contributed by atoms with Crippen LogP contribution in [0.1, 0.15) is 23.2 Å². The van der Waals surface area contributed by atoms with Gasteiger partial charge in [-0.05, 0) is 37.0 Å². The second kappa shape index (κ2) is 6.61. The zero-order valence-corrected chi connectivity index (χ0v) is 12.2. The Labute approximate surface area is 120 Å². The molecule has 1 aromatic carbocycles. The van der Waals surface area contributed by atoms with Crippen LogP contribution in [-0.2, 0) is 4.74 Å². The van der Waals surface area contributed by atoms with Crippen LogP contribution in [0.15, 0.2) is 18.2 Å². The highest BCUT2D eigenvalue weighted by Crippen LogP contribution is 2.28. The Morgan fingerprint density at radius 3 is 2.85 bits per heavy atom. The van der Waals surface area contributed by atoms with E-state index >= 15 is 0 Å². The second-order valence-electron chi connectivity index (χ2n) is 5.45. The van der Waals surface area contributed by atoms with Gasteiger partial charge in [-0.25, -0.2) is 0 Å². The van der Waals surface area contributed by atoms with Crippen molar-refractivity contribution in [3.8, 4) is 0 Å². The van der Waals surface area contributed by atoms with E-state index in [0.717, 1.165) is 18.2 Å². The molecule has 1 aromatic rings. The number of carbonyl (C=O) groups is 1. The molecule has 1 amide bonds. The Bertz CT molecular complexity index is 470. The Hall–Kier alpha value is -1.75. The van der Waals surface area contributed by atoms with E-state index in [4.69, 9.17) is 10.5 Å². The number of amides is 1. The van der Waals surface area contributed by atoms with Gasteiger partial charge in [-0.2, -0.15) is 0 Å². The molecule has 0 bridgehead atoms. The number of hydrogen-bond acceptors (Lipinski definition) is 4. The average Bonchev–Trinajstić information content (AvgIpc) is 3.23. The summed E-state index contributed by atoms with van der Waals surface area (Å²) in [6.45, 7) is 2.20. The van der Waals surface area contributed by atoms with Crippen molar-refractivity contribution < 1.29 is 9.53 Å². The van der Waals surface area contributed by atoms with Gasteiger partial charge in [0.05, 0.1) is 18.0 Å². The largest absolute Gasteiger partial charge is 0.397 e. The second-order valence-corrected chi connectivity index (χ2v) is 5.45. The quantitative estimate of drug-likeness (QED) is 0.589. The number of carbonyl (C=O) groups excluding carboxylic acids is 1. The van der Waals surface area contributed by atoms with Crippen LogP contribution in [0.25, 0.3) is 0 Å². The van der Waals surface area contributed by atoms with Crippen LogP contribution >= 0.6 is 0 Å². The highest BCUT2D eigenvalue weighted by molar-refractivity contribution is 5.95. The fraction of sp³-hybridized carbons (Fsp3) is 0.533. The van der Waals surface area contributed by atoms with Gasteiger partial charge in [0.15, 0.2) is 0 Å². The van der Waals surface area contributed by atoms with E-state index < -0.39 is 0 Å². The molecule has 0 aromatic heterocycles. The number of ether oxygens (including phenoxy) is 1. The van der Waals surface area contributed by atoms with Crippen LogP contribution in [-0.4, -0.2) is 44.7 Å². The van der Waals surface area contributed by atoms with Gasteiger partial charge < -0.3 is 20.7 Å². The molecule has 110 valence electrons. The number of nitrogen functional groups attached to an aromatic ring is 1. The van der Waals surface area contributed by atoms with Gasteiger partial charge in [0.25, 0.3) is 5.91 Å². The Balaban J connectivity index is 1.85. The first kappa shape index (κ1) is 14.7. The molecule has 0 saturated heterocycles. The molecular formula is C15H23N3O2. The zero-order valence-electron chi connectivity index (χ0n) is 12.2. The lowest BCUT2D eigenvalue weighted by atomic mass is 10.1. The summed E-state index contributed by atoms with van der Waals surface area (Å²) < 4.78 is 5.56. The Kier molecular flexibility index (Phi) is 4.84. The molecule has 1 aliphatic rings. The molecule has 0 aliphatic heterocycles. The predicted octanol–water partition coefficient (Wildman–Crippen LogP) is 1.81. The van der Waals surface area contributed by atoms with Crippen LogP contribution in [0.4, 0.5) is 11.4 Å². The summed E-state index contributed by atoms with van der Waals surface area (Å²) in [5, 5.41) is 3.22. The van der Waals surface area contributed by atoms with Crippen molar-refractivity contribution in [2.45, 2.75) is 12.8 Å². The van der Waals surface area contributed by atoms with Crippen LogP contribution in [0.2, 0.25) is 0 Å². The number of nitrogens with zero attached hydrogens (tertiary/aromatic N) is 1. The molecule has 5 nitrogen and oxygen atoms in total. The standard InChI is InChI=1S/C15H23N3O2/c1-18(2)15(19)12-5-6-13(16)14(9-12)17-7-8-20-10-11-3-4-11/h5-6,9,11,17H,3-4,7-8,10,16H2,1-2H3. The SMILES string of the molecule is CN(C)C(=O)c1ccc(N)c(NCCOCC2CC2)c1. The summed E-state index contributed by atoms with van der Waals surface area (Å²) in [7, 11) is 3.47. The fourth-order valence-electron chi connectivity index (χ4n) is 1.89. The maximum atomic E-state index is 11.9. The van der Waals surface area contributed by atoms with Gasteiger partial charge in [0, 0.05) is 32.8 Å². The third kappa shape index (κ3) is 4.13.